The number of piperazine rings is 1. The van der Waals surface area contributed by atoms with E-state index in [1.807, 2.05) is 18.2 Å². The van der Waals surface area contributed by atoms with Crippen molar-refractivity contribution < 1.29 is 23.9 Å². The third-order valence-corrected chi connectivity index (χ3v) is 6.49. The summed E-state index contributed by atoms with van der Waals surface area (Å²) in [5.74, 6) is -0.617. The van der Waals surface area contributed by atoms with E-state index in [2.05, 4.69) is 10.2 Å². The Balaban J connectivity index is 1.47. The van der Waals surface area contributed by atoms with Crippen molar-refractivity contribution in [2.24, 2.45) is 0 Å². The predicted molar refractivity (Wildman–Crippen MR) is 148 cm³/mol. The summed E-state index contributed by atoms with van der Waals surface area (Å²) in [6, 6.07) is 18.9. The van der Waals surface area contributed by atoms with E-state index in [4.69, 9.17) is 32.7 Å². The molecule has 2 amide bonds. The average molecular weight is 556 g/mol. The van der Waals surface area contributed by atoms with Gasteiger partial charge in [0, 0.05) is 36.8 Å². The second-order valence-electron chi connectivity index (χ2n) is 8.51. The summed E-state index contributed by atoms with van der Waals surface area (Å²) in [5, 5.41) is 3.59. The Morgan fingerprint density at radius 2 is 1.63 bits per heavy atom. The highest BCUT2D eigenvalue weighted by Gasteiger charge is 2.25. The molecule has 0 bridgehead atoms. The lowest BCUT2D eigenvalue weighted by Crippen LogP contribution is -2.49. The van der Waals surface area contributed by atoms with Crippen molar-refractivity contribution in [2.45, 2.75) is 6.92 Å². The lowest BCUT2D eigenvalue weighted by molar-refractivity contribution is -0.118. The zero-order valence-corrected chi connectivity index (χ0v) is 22.3. The lowest BCUT2D eigenvalue weighted by Gasteiger charge is -2.37. The molecule has 0 atom stereocenters. The van der Waals surface area contributed by atoms with Crippen molar-refractivity contribution in [3.05, 3.63) is 87.9 Å². The molecule has 3 aromatic carbocycles. The van der Waals surface area contributed by atoms with Crippen LogP contribution in [-0.2, 0) is 9.53 Å². The summed E-state index contributed by atoms with van der Waals surface area (Å²) in [6.45, 7) is 3.79. The van der Waals surface area contributed by atoms with Crippen molar-refractivity contribution in [1.29, 1.82) is 0 Å². The van der Waals surface area contributed by atoms with Gasteiger partial charge >= 0.3 is 5.97 Å². The molecule has 1 aliphatic rings. The smallest absolute Gasteiger partial charge is 0.338 e. The minimum Gasteiger partial charge on any atom is -0.482 e. The summed E-state index contributed by atoms with van der Waals surface area (Å²) in [7, 11) is 0. The van der Waals surface area contributed by atoms with Crippen LogP contribution in [0.1, 0.15) is 27.6 Å². The van der Waals surface area contributed by atoms with Gasteiger partial charge in [-0.2, -0.15) is 0 Å². The number of amides is 2. The van der Waals surface area contributed by atoms with E-state index in [9.17, 15) is 14.4 Å². The third-order valence-electron chi connectivity index (χ3n) is 5.96. The molecule has 10 heteroatoms. The predicted octanol–water partition coefficient (Wildman–Crippen LogP) is 5.15. The normalized spacial score (nSPS) is 13.1. The van der Waals surface area contributed by atoms with Crippen LogP contribution in [-0.4, -0.2) is 62.1 Å². The molecule has 0 saturated carbocycles. The van der Waals surface area contributed by atoms with Crippen LogP contribution in [0.5, 0.6) is 5.75 Å². The van der Waals surface area contributed by atoms with Gasteiger partial charge in [-0.25, -0.2) is 4.79 Å². The van der Waals surface area contributed by atoms with Gasteiger partial charge in [-0.05, 0) is 55.5 Å². The Kier molecular flexibility index (Phi) is 9.10. The molecule has 1 fully saturated rings. The Hall–Kier alpha value is -3.75. The van der Waals surface area contributed by atoms with Crippen molar-refractivity contribution in [1.82, 2.24) is 4.90 Å². The summed E-state index contributed by atoms with van der Waals surface area (Å²) >= 11 is 12.0. The fourth-order valence-corrected chi connectivity index (χ4v) is 4.55. The van der Waals surface area contributed by atoms with Crippen LogP contribution < -0.4 is 15.0 Å². The summed E-state index contributed by atoms with van der Waals surface area (Å²) in [5.41, 5.74) is 2.12. The van der Waals surface area contributed by atoms with Gasteiger partial charge in [-0.3, -0.25) is 9.59 Å². The Labute approximate surface area is 231 Å². The van der Waals surface area contributed by atoms with Crippen LogP contribution in [0.15, 0.2) is 66.7 Å². The summed E-state index contributed by atoms with van der Waals surface area (Å²) in [6.07, 6.45) is 0. The number of benzene rings is 3. The highest BCUT2D eigenvalue weighted by Crippen LogP contribution is 2.30. The van der Waals surface area contributed by atoms with Gasteiger partial charge in [0.05, 0.1) is 28.6 Å². The van der Waals surface area contributed by atoms with E-state index in [0.717, 1.165) is 5.69 Å². The minimum atomic E-state index is -0.489. The number of nitrogens with one attached hydrogen (secondary N) is 1. The van der Waals surface area contributed by atoms with Crippen molar-refractivity contribution in [3.8, 4) is 5.75 Å². The van der Waals surface area contributed by atoms with Gasteiger partial charge in [0.15, 0.2) is 6.61 Å². The molecule has 1 heterocycles. The quantitative estimate of drug-likeness (QED) is 0.387. The maximum absolute atomic E-state index is 12.8. The topological polar surface area (TPSA) is 88.2 Å². The number of ether oxygens (including phenoxy) is 2. The SMILES string of the molecule is CCOC(=O)c1ccc(N2CCN(C(=O)c3ccccc3)CC2)c(NC(=O)COc2ccc(Cl)cc2Cl)c1. The number of nitrogens with zero attached hydrogens (tertiary/aromatic N) is 2. The number of hydrogen-bond donors (Lipinski definition) is 1. The molecule has 1 N–H and O–H groups in total. The first-order valence-electron chi connectivity index (χ1n) is 12.1. The van der Waals surface area contributed by atoms with Crippen LogP contribution in [0.2, 0.25) is 10.0 Å². The number of hydrogen-bond acceptors (Lipinski definition) is 6. The molecule has 1 aliphatic heterocycles. The van der Waals surface area contributed by atoms with Crippen molar-refractivity contribution in [2.75, 3.05) is 49.6 Å². The van der Waals surface area contributed by atoms with E-state index in [0.29, 0.717) is 58.8 Å². The first kappa shape index (κ1) is 27.3. The number of carbonyl (C=O) groups excluding carboxylic acids is 3. The molecular weight excluding hydrogens is 529 g/mol. The molecular formula is C28H27Cl2N3O5. The number of anilines is 2. The fourth-order valence-electron chi connectivity index (χ4n) is 4.09. The molecule has 4 rings (SSSR count). The van der Waals surface area contributed by atoms with E-state index in [-0.39, 0.29) is 19.1 Å². The number of esters is 1. The monoisotopic (exact) mass is 555 g/mol. The largest absolute Gasteiger partial charge is 0.482 e. The van der Waals surface area contributed by atoms with Crippen molar-refractivity contribution in [3.63, 3.8) is 0 Å². The molecule has 0 aromatic heterocycles. The van der Waals surface area contributed by atoms with Gasteiger partial charge in [0.25, 0.3) is 11.8 Å². The second-order valence-corrected chi connectivity index (χ2v) is 9.35. The van der Waals surface area contributed by atoms with Gasteiger partial charge < -0.3 is 24.6 Å². The van der Waals surface area contributed by atoms with Gasteiger partial charge in [-0.15, -0.1) is 0 Å². The Bertz CT molecular complexity index is 1310. The van der Waals surface area contributed by atoms with Gasteiger partial charge in [0.1, 0.15) is 5.75 Å². The zero-order valence-electron chi connectivity index (χ0n) is 20.8. The summed E-state index contributed by atoms with van der Waals surface area (Å²) < 4.78 is 10.7. The van der Waals surface area contributed by atoms with Gasteiger partial charge in [0.2, 0.25) is 0 Å². The average Bonchev–Trinajstić information content (AvgIpc) is 2.93. The molecule has 38 heavy (non-hydrogen) atoms. The lowest BCUT2D eigenvalue weighted by atomic mass is 10.1. The van der Waals surface area contributed by atoms with E-state index in [1.165, 1.54) is 6.07 Å². The van der Waals surface area contributed by atoms with Gasteiger partial charge in [-0.1, -0.05) is 41.4 Å². The number of rotatable bonds is 8. The van der Waals surface area contributed by atoms with Crippen LogP contribution in [0.3, 0.4) is 0 Å². The first-order valence-corrected chi connectivity index (χ1v) is 12.9. The summed E-state index contributed by atoms with van der Waals surface area (Å²) in [4.78, 5) is 41.9. The highest BCUT2D eigenvalue weighted by molar-refractivity contribution is 6.35. The van der Waals surface area contributed by atoms with Crippen LogP contribution in [0, 0.1) is 0 Å². The van der Waals surface area contributed by atoms with Crippen LogP contribution in [0.25, 0.3) is 0 Å². The maximum Gasteiger partial charge on any atom is 0.338 e. The standard InChI is InChI=1S/C28H27Cl2N3O5/c1-2-37-28(36)20-8-10-24(32-12-14-33(15-13-32)27(35)19-6-4-3-5-7-19)23(16-20)31-26(34)18-38-25-11-9-21(29)17-22(25)30/h3-11,16-17H,2,12-15,18H2,1H3,(H,31,34). The fraction of sp³-hybridized carbons (Fsp3) is 0.250. The second kappa shape index (κ2) is 12.7. The maximum atomic E-state index is 12.8. The van der Waals surface area contributed by atoms with Crippen molar-refractivity contribution >= 4 is 52.4 Å². The number of halogens is 2. The van der Waals surface area contributed by atoms with Crippen LogP contribution >= 0.6 is 23.2 Å². The highest BCUT2D eigenvalue weighted by atomic mass is 35.5. The Morgan fingerprint density at radius 1 is 0.895 bits per heavy atom. The molecule has 0 spiro atoms. The molecule has 0 aliphatic carbocycles. The molecule has 198 valence electrons. The molecule has 8 nitrogen and oxygen atoms in total. The molecule has 0 unspecified atom stereocenters. The number of carbonyl (C=O) groups is 3. The van der Waals surface area contributed by atoms with E-state index >= 15 is 0 Å². The third kappa shape index (κ3) is 6.76. The van der Waals surface area contributed by atoms with Crippen LogP contribution in [0.4, 0.5) is 11.4 Å². The molecule has 3 aromatic rings. The van der Waals surface area contributed by atoms with E-state index in [1.54, 1.807) is 54.3 Å². The zero-order chi connectivity index (χ0) is 27.1. The molecule has 1 saturated heterocycles. The van der Waals surface area contributed by atoms with E-state index < -0.39 is 11.9 Å². The first-order chi connectivity index (χ1) is 18.4. The Morgan fingerprint density at radius 3 is 2.32 bits per heavy atom. The minimum absolute atomic E-state index is 0.0190. The molecule has 0 radical (unpaired) electrons.